The summed E-state index contributed by atoms with van der Waals surface area (Å²) in [6.07, 6.45) is 3.58. The number of nitrogens with zero attached hydrogens (tertiary/aromatic N) is 3. The van der Waals surface area contributed by atoms with Crippen molar-refractivity contribution in [1.82, 2.24) is 20.4 Å². The van der Waals surface area contributed by atoms with Gasteiger partial charge in [-0.2, -0.15) is 4.98 Å². The Balaban J connectivity index is 1.86. The first-order valence-electron chi connectivity index (χ1n) is 7.14. The molecule has 0 aromatic carbocycles. The molecule has 0 aliphatic carbocycles. The summed E-state index contributed by atoms with van der Waals surface area (Å²) in [4.78, 5) is 28.9. The molecule has 8 heteroatoms. The van der Waals surface area contributed by atoms with Crippen molar-refractivity contribution in [3.63, 3.8) is 0 Å². The minimum Gasteiger partial charge on any atom is -0.480 e. The third kappa shape index (κ3) is 4.17. The van der Waals surface area contributed by atoms with Gasteiger partial charge in [-0.3, -0.25) is 0 Å². The van der Waals surface area contributed by atoms with Crippen LogP contribution < -0.4 is 5.32 Å². The van der Waals surface area contributed by atoms with Gasteiger partial charge in [0.25, 0.3) is 0 Å². The second-order valence-corrected chi connectivity index (χ2v) is 5.11. The van der Waals surface area contributed by atoms with Gasteiger partial charge in [0.1, 0.15) is 6.04 Å². The van der Waals surface area contributed by atoms with Gasteiger partial charge < -0.3 is 19.8 Å². The second-order valence-electron chi connectivity index (χ2n) is 5.11. The number of amides is 2. The van der Waals surface area contributed by atoms with Crippen molar-refractivity contribution in [2.45, 2.75) is 45.1 Å². The first-order valence-corrected chi connectivity index (χ1v) is 7.14. The molecule has 116 valence electrons. The molecule has 0 bridgehead atoms. The molecule has 8 nitrogen and oxygen atoms in total. The maximum absolute atomic E-state index is 12.1. The van der Waals surface area contributed by atoms with Crippen LogP contribution in [-0.2, 0) is 11.2 Å². The Morgan fingerprint density at radius 1 is 1.43 bits per heavy atom. The van der Waals surface area contributed by atoms with Gasteiger partial charge in [0.15, 0.2) is 5.82 Å². The number of hydrogen-bond donors (Lipinski definition) is 2. The van der Waals surface area contributed by atoms with Crippen LogP contribution in [0.15, 0.2) is 4.52 Å². The number of rotatable bonds is 4. The van der Waals surface area contributed by atoms with Gasteiger partial charge in [-0.15, -0.1) is 0 Å². The summed E-state index contributed by atoms with van der Waals surface area (Å²) in [6, 6.07) is -1.08. The van der Waals surface area contributed by atoms with Gasteiger partial charge in [0.05, 0.1) is 0 Å². The number of carbonyl (C=O) groups is 2. The molecule has 2 amide bonds. The molecule has 1 aromatic rings. The summed E-state index contributed by atoms with van der Waals surface area (Å²) in [6.45, 7) is 2.52. The quantitative estimate of drug-likeness (QED) is 0.856. The molecule has 1 aliphatic heterocycles. The van der Waals surface area contributed by atoms with Gasteiger partial charge >= 0.3 is 12.0 Å². The number of carboxylic acid groups (broad SMARTS) is 1. The fraction of sp³-hybridized carbons (Fsp3) is 0.692. The first kappa shape index (κ1) is 15.3. The van der Waals surface area contributed by atoms with Crippen LogP contribution in [0.3, 0.4) is 0 Å². The lowest BCUT2D eigenvalue weighted by molar-refractivity contribution is -0.142. The van der Waals surface area contributed by atoms with Gasteiger partial charge in [0, 0.05) is 26.4 Å². The maximum Gasteiger partial charge on any atom is 0.326 e. The van der Waals surface area contributed by atoms with Crippen LogP contribution in [0.4, 0.5) is 4.79 Å². The Morgan fingerprint density at radius 3 is 2.90 bits per heavy atom. The van der Waals surface area contributed by atoms with Crippen molar-refractivity contribution in [1.29, 1.82) is 0 Å². The van der Waals surface area contributed by atoms with E-state index in [1.54, 1.807) is 6.92 Å². The van der Waals surface area contributed by atoms with Crippen molar-refractivity contribution < 1.29 is 19.2 Å². The van der Waals surface area contributed by atoms with Crippen LogP contribution in [-0.4, -0.2) is 51.3 Å². The van der Waals surface area contributed by atoms with Gasteiger partial charge in [0.2, 0.25) is 5.89 Å². The molecule has 2 rings (SSSR count). The predicted octanol–water partition coefficient (Wildman–Crippen LogP) is 0.959. The Bertz CT molecular complexity index is 502. The lowest BCUT2D eigenvalue weighted by Gasteiger charge is -2.26. The number of aryl methyl sites for hydroxylation is 1. The van der Waals surface area contributed by atoms with Crippen LogP contribution in [0.5, 0.6) is 0 Å². The molecule has 1 saturated heterocycles. The van der Waals surface area contributed by atoms with Crippen molar-refractivity contribution in [3.05, 3.63) is 11.7 Å². The number of nitrogens with one attached hydrogen (secondary N) is 1. The minimum atomic E-state index is -0.944. The van der Waals surface area contributed by atoms with E-state index in [0.717, 1.165) is 19.3 Å². The van der Waals surface area contributed by atoms with Crippen molar-refractivity contribution in [3.8, 4) is 0 Å². The highest BCUT2D eigenvalue weighted by Gasteiger charge is 2.30. The Hall–Kier alpha value is -2.12. The average Bonchev–Trinajstić information content (AvgIpc) is 2.72. The number of carboxylic acids is 1. The molecule has 0 spiro atoms. The highest BCUT2D eigenvalue weighted by atomic mass is 16.5. The third-order valence-electron chi connectivity index (χ3n) is 3.49. The second kappa shape index (κ2) is 7.05. The van der Waals surface area contributed by atoms with E-state index < -0.39 is 12.0 Å². The van der Waals surface area contributed by atoms with Crippen LogP contribution in [0.25, 0.3) is 0 Å². The molecular weight excluding hydrogens is 276 g/mol. The predicted molar refractivity (Wildman–Crippen MR) is 72.7 cm³/mol. The standard InChI is InChI=1S/C13H20N4O4/c1-9-15-11(16-21-9)6-7-14-13(20)17-8-4-2-3-5-10(17)12(18)19/h10H,2-8H2,1H3,(H,14,20)(H,18,19). The Kier molecular flexibility index (Phi) is 5.13. The normalized spacial score (nSPS) is 19.1. The number of aromatic nitrogens is 2. The zero-order chi connectivity index (χ0) is 15.2. The van der Waals surface area contributed by atoms with Crippen molar-refractivity contribution >= 4 is 12.0 Å². The highest BCUT2D eigenvalue weighted by molar-refractivity contribution is 5.82. The number of likely N-dealkylation sites (tertiary alicyclic amines) is 1. The topological polar surface area (TPSA) is 109 Å². The van der Waals surface area contributed by atoms with E-state index in [0.29, 0.717) is 37.6 Å². The number of carbonyl (C=O) groups excluding carboxylic acids is 1. The van der Waals surface area contributed by atoms with Gasteiger partial charge in [-0.1, -0.05) is 18.0 Å². The van der Waals surface area contributed by atoms with E-state index >= 15 is 0 Å². The molecule has 2 heterocycles. The monoisotopic (exact) mass is 296 g/mol. The Labute approximate surface area is 122 Å². The molecule has 1 aliphatic rings. The molecule has 2 N–H and O–H groups in total. The van der Waals surface area contributed by atoms with Crippen LogP contribution >= 0.6 is 0 Å². The van der Waals surface area contributed by atoms with E-state index in [1.165, 1.54) is 4.90 Å². The lowest BCUT2D eigenvalue weighted by atomic mass is 10.1. The molecule has 0 saturated carbocycles. The summed E-state index contributed by atoms with van der Waals surface area (Å²) in [5.74, 6) is 0.0640. The van der Waals surface area contributed by atoms with Gasteiger partial charge in [-0.05, 0) is 12.8 Å². The van der Waals surface area contributed by atoms with E-state index in [4.69, 9.17) is 4.52 Å². The molecule has 1 atom stereocenters. The summed E-state index contributed by atoms with van der Waals surface area (Å²) >= 11 is 0. The van der Waals surface area contributed by atoms with E-state index in [1.807, 2.05) is 0 Å². The lowest BCUT2D eigenvalue weighted by Crippen LogP contribution is -2.49. The van der Waals surface area contributed by atoms with Crippen molar-refractivity contribution in [2.24, 2.45) is 0 Å². The third-order valence-corrected chi connectivity index (χ3v) is 3.49. The zero-order valence-corrected chi connectivity index (χ0v) is 12.0. The summed E-state index contributed by atoms with van der Waals surface area (Å²) < 4.78 is 4.84. The fourth-order valence-electron chi connectivity index (χ4n) is 2.43. The van der Waals surface area contributed by atoms with E-state index in [-0.39, 0.29) is 6.03 Å². The summed E-state index contributed by atoms with van der Waals surface area (Å²) in [5, 5.41) is 15.7. The molecule has 1 fully saturated rings. The van der Waals surface area contributed by atoms with Crippen molar-refractivity contribution in [2.75, 3.05) is 13.1 Å². The Morgan fingerprint density at radius 2 is 2.24 bits per heavy atom. The highest BCUT2D eigenvalue weighted by Crippen LogP contribution is 2.17. The van der Waals surface area contributed by atoms with Gasteiger partial charge in [-0.25, -0.2) is 9.59 Å². The number of urea groups is 1. The fourth-order valence-corrected chi connectivity index (χ4v) is 2.43. The first-order chi connectivity index (χ1) is 10.1. The summed E-state index contributed by atoms with van der Waals surface area (Å²) in [7, 11) is 0. The molecule has 1 unspecified atom stereocenters. The summed E-state index contributed by atoms with van der Waals surface area (Å²) in [5.41, 5.74) is 0. The van der Waals surface area contributed by atoms with Crippen LogP contribution in [0.2, 0.25) is 0 Å². The van der Waals surface area contributed by atoms with Crippen LogP contribution in [0.1, 0.15) is 37.4 Å². The number of aliphatic carboxylic acids is 1. The molecular formula is C13H20N4O4. The molecule has 1 aromatic heterocycles. The SMILES string of the molecule is Cc1nc(CCNC(=O)N2CCCCCC2C(=O)O)no1. The van der Waals surface area contributed by atoms with E-state index in [2.05, 4.69) is 15.5 Å². The van der Waals surface area contributed by atoms with Crippen LogP contribution in [0, 0.1) is 6.92 Å². The minimum absolute atomic E-state index is 0.343. The largest absolute Gasteiger partial charge is 0.480 e. The number of hydrogen-bond acceptors (Lipinski definition) is 5. The smallest absolute Gasteiger partial charge is 0.326 e. The van der Waals surface area contributed by atoms with E-state index in [9.17, 15) is 14.7 Å². The average molecular weight is 296 g/mol. The molecule has 0 radical (unpaired) electrons. The molecule has 21 heavy (non-hydrogen) atoms. The maximum atomic E-state index is 12.1. The zero-order valence-electron chi connectivity index (χ0n) is 12.0.